The highest BCUT2D eigenvalue weighted by Gasteiger charge is 2.15. The number of hydrogen-bond acceptors (Lipinski definition) is 5. The summed E-state index contributed by atoms with van der Waals surface area (Å²) in [6.07, 6.45) is 0. The van der Waals surface area contributed by atoms with Gasteiger partial charge in [0.25, 0.3) is 0 Å². The van der Waals surface area contributed by atoms with Crippen LogP contribution in [0.4, 0.5) is 5.13 Å². The summed E-state index contributed by atoms with van der Waals surface area (Å²) in [5.74, 6) is -0.294. The van der Waals surface area contributed by atoms with E-state index in [1.165, 1.54) is 24.0 Å². The first-order valence-electron chi connectivity index (χ1n) is 6.18. The fourth-order valence-corrected chi connectivity index (χ4v) is 2.44. The zero-order valence-corrected chi connectivity index (χ0v) is 12.2. The number of carbonyl (C=O) groups is 1. The molecule has 2 aromatic rings. The molecule has 1 aromatic carbocycles. The number of amides is 1. The van der Waals surface area contributed by atoms with Crippen molar-refractivity contribution in [2.75, 3.05) is 19.0 Å². The van der Waals surface area contributed by atoms with E-state index < -0.39 is 6.04 Å². The van der Waals surface area contributed by atoms with Crippen molar-refractivity contribution >= 4 is 22.4 Å². The predicted octanol–water partition coefficient (Wildman–Crippen LogP) is 2.03. The van der Waals surface area contributed by atoms with Crippen LogP contribution in [0.5, 0.6) is 0 Å². The zero-order chi connectivity index (χ0) is 14.5. The smallest absolute Gasteiger partial charge is 0.245 e. The first-order chi connectivity index (χ1) is 9.60. The number of hydrogen-bond donors (Lipinski definition) is 2. The quantitative estimate of drug-likeness (QED) is 0.883. The first-order valence-corrected chi connectivity index (χ1v) is 7.06. The van der Waals surface area contributed by atoms with E-state index in [-0.39, 0.29) is 12.5 Å². The Labute approximate surface area is 121 Å². The largest absolute Gasteiger partial charge is 0.383 e. The van der Waals surface area contributed by atoms with Gasteiger partial charge in [-0.2, -0.15) is 0 Å². The fourth-order valence-electron chi connectivity index (χ4n) is 1.72. The maximum Gasteiger partial charge on any atom is 0.245 e. The third-order valence-corrected chi connectivity index (χ3v) is 3.49. The Morgan fingerprint density at radius 2 is 2.35 bits per heavy atom. The number of nitrogens with zero attached hydrogens (tertiary/aromatic N) is 1. The van der Waals surface area contributed by atoms with Crippen LogP contribution in [0.15, 0.2) is 29.6 Å². The lowest BCUT2D eigenvalue weighted by atomic mass is 10.1. The fraction of sp³-hybridized carbons (Fsp3) is 0.286. The highest BCUT2D eigenvalue weighted by Crippen LogP contribution is 2.25. The molecule has 0 fully saturated rings. The molecule has 1 heterocycles. The molecular weight excluding hydrogens is 274 g/mol. The van der Waals surface area contributed by atoms with Crippen LogP contribution in [0, 0.1) is 6.92 Å². The molecule has 0 aliphatic rings. The number of aromatic nitrogens is 1. The van der Waals surface area contributed by atoms with Gasteiger partial charge in [-0.15, -0.1) is 11.3 Å². The van der Waals surface area contributed by atoms with Crippen molar-refractivity contribution in [2.24, 2.45) is 5.73 Å². The van der Waals surface area contributed by atoms with E-state index in [0.717, 1.165) is 11.3 Å². The highest BCUT2D eigenvalue weighted by molar-refractivity contribution is 7.14. The van der Waals surface area contributed by atoms with Gasteiger partial charge in [0, 0.05) is 18.1 Å². The van der Waals surface area contributed by atoms with E-state index in [0.29, 0.717) is 5.13 Å². The highest BCUT2D eigenvalue weighted by atomic mass is 32.1. The average molecular weight is 291 g/mol. The van der Waals surface area contributed by atoms with Crippen LogP contribution in [0.3, 0.4) is 0 Å². The summed E-state index contributed by atoms with van der Waals surface area (Å²) in [5, 5.41) is 5.14. The van der Waals surface area contributed by atoms with Crippen LogP contribution in [0.2, 0.25) is 0 Å². The number of thiazole rings is 1. The minimum atomic E-state index is -0.689. The maximum atomic E-state index is 11.8. The Hall–Kier alpha value is -1.76. The average Bonchev–Trinajstić information content (AvgIpc) is 2.87. The molecule has 0 saturated heterocycles. The monoisotopic (exact) mass is 291 g/mol. The topological polar surface area (TPSA) is 77.2 Å². The lowest BCUT2D eigenvalue weighted by Crippen LogP contribution is -2.39. The number of ether oxygens (including phenoxy) is 1. The van der Waals surface area contributed by atoms with Gasteiger partial charge in [0.2, 0.25) is 5.91 Å². The Kier molecular flexibility index (Phi) is 4.84. The summed E-state index contributed by atoms with van der Waals surface area (Å²) in [5.41, 5.74) is 8.70. The molecule has 5 nitrogen and oxygen atoms in total. The van der Waals surface area contributed by atoms with Crippen LogP contribution >= 0.6 is 11.3 Å². The Morgan fingerprint density at radius 3 is 3.05 bits per heavy atom. The molecule has 1 aromatic heterocycles. The maximum absolute atomic E-state index is 11.8. The second-order valence-corrected chi connectivity index (χ2v) is 5.32. The molecular formula is C14H17N3O2S. The second kappa shape index (κ2) is 6.60. The molecule has 1 amide bonds. The minimum Gasteiger partial charge on any atom is -0.383 e. The summed E-state index contributed by atoms with van der Waals surface area (Å²) in [4.78, 5) is 16.1. The van der Waals surface area contributed by atoms with Crippen molar-refractivity contribution in [3.63, 3.8) is 0 Å². The first kappa shape index (κ1) is 14.6. The molecule has 0 saturated carbocycles. The molecule has 0 spiro atoms. The molecule has 0 aliphatic carbocycles. The van der Waals surface area contributed by atoms with Crippen molar-refractivity contribution in [3.05, 3.63) is 35.2 Å². The summed E-state index contributed by atoms with van der Waals surface area (Å²) in [7, 11) is 1.51. The Balaban J connectivity index is 2.08. The van der Waals surface area contributed by atoms with Gasteiger partial charge >= 0.3 is 0 Å². The Bertz CT molecular complexity index is 598. The third kappa shape index (κ3) is 3.63. The van der Waals surface area contributed by atoms with Crippen LogP contribution in [-0.4, -0.2) is 30.6 Å². The number of carbonyl (C=O) groups excluding carboxylic acids is 1. The van der Waals surface area contributed by atoms with E-state index in [1.54, 1.807) is 0 Å². The van der Waals surface area contributed by atoms with E-state index in [4.69, 9.17) is 10.5 Å². The number of benzene rings is 1. The standard InChI is InChI=1S/C14H17N3O2S/c1-9-4-3-5-10(6-9)12-8-20-14(16-12)17-13(18)11(15)7-19-2/h3-6,8,11H,7,15H2,1-2H3,(H,16,17,18). The summed E-state index contributed by atoms with van der Waals surface area (Å²) >= 11 is 1.37. The number of nitrogens with two attached hydrogens (primary N) is 1. The van der Waals surface area contributed by atoms with Gasteiger partial charge in [-0.25, -0.2) is 4.98 Å². The van der Waals surface area contributed by atoms with E-state index in [2.05, 4.69) is 16.4 Å². The van der Waals surface area contributed by atoms with Crippen molar-refractivity contribution in [3.8, 4) is 11.3 Å². The van der Waals surface area contributed by atoms with E-state index in [1.807, 2.05) is 30.5 Å². The molecule has 1 unspecified atom stereocenters. The van der Waals surface area contributed by atoms with Crippen LogP contribution in [0.25, 0.3) is 11.3 Å². The number of rotatable bonds is 5. The van der Waals surface area contributed by atoms with Crippen LogP contribution in [-0.2, 0) is 9.53 Å². The Morgan fingerprint density at radius 1 is 1.55 bits per heavy atom. The molecule has 0 radical (unpaired) electrons. The number of aryl methyl sites for hydroxylation is 1. The van der Waals surface area contributed by atoms with Crippen molar-refractivity contribution in [2.45, 2.75) is 13.0 Å². The van der Waals surface area contributed by atoms with Gasteiger partial charge in [0.1, 0.15) is 6.04 Å². The van der Waals surface area contributed by atoms with Gasteiger partial charge in [-0.3, -0.25) is 4.79 Å². The second-order valence-electron chi connectivity index (χ2n) is 4.46. The van der Waals surface area contributed by atoms with Gasteiger partial charge < -0.3 is 15.8 Å². The van der Waals surface area contributed by atoms with E-state index in [9.17, 15) is 4.79 Å². The van der Waals surface area contributed by atoms with Gasteiger partial charge in [0.05, 0.1) is 12.3 Å². The predicted molar refractivity (Wildman–Crippen MR) is 80.8 cm³/mol. The lowest BCUT2D eigenvalue weighted by Gasteiger charge is -2.08. The molecule has 0 bridgehead atoms. The van der Waals surface area contributed by atoms with Crippen molar-refractivity contribution in [1.82, 2.24) is 4.98 Å². The van der Waals surface area contributed by atoms with Crippen LogP contribution < -0.4 is 11.1 Å². The summed E-state index contributed by atoms with van der Waals surface area (Å²) in [6, 6.07) is 7.37. The van der Waals surface area contributed by atoms with Gasteiger partial charge in [0.15, 0.2) is 5.13 Å². The minimum absolute atomic E-state index is 0.182. The van der Waals surface area contributed by atoms with Crippen molar-refractivity contribution < 1.29 is 9.53 Å². The molecule has 1 atom stereocenters. The van der Waals surface area contributed by atoms with Crippen LogP contribution in [0.1, 0.15) is 5.56 Å². The zero-order valence-electron chi connectivity index (χ0n) is 11.4. The SMILES string of the molecule is COCC(N)C(=O)Nc1nc(-c2cccc(C)c2)cs1. The van der Waals surface area contributed by atoms with Crippen molar-refractivity contribution in [1.29, 1.82) is 0 Å². The molecule has 3 N–H and O–H groups in total. The number of nitrogens with one attached hydrogen (secondary N) is 1. The number of methoxy groups -OCH3 is 1. The lowest BCUT2D eigenvalue weighted by molar-refractivity contribution is -0.118. The molecule has 106 valence electrons. The summed E-state index contributed by atoms with van der Waals surface area (Å²) in [6.45, 7) is 2.21. The van der Waals surface area contributed by atoms with Gasteiger partial charge in [-0.05, 0) is 13.0 Å². The summed E-state index contributed by atoms with van der Waals surface area (Å²) < 4.78 is 4.85. The normalized spacial score (nSPS) is 12.2. The molecule has 2 rings (SSSR count). The van der Waals surface area contributed by atoms with E-state index >= 15 is 0 Å². The molecule has 20 heavy (non-hydrogen) atoms. The molecule has 6 heteroatoms. The molecule has 0 aliphatic heterocycles. The van der Waals surface area contributed by atoms with Gasteiger partial charge in [-0.1, -0.05) is 23.8 Å². The third-order valence-electron chi connectivity index (χ3n) is 2.73. The number of anilines is 1.